The van der Waals surface area contributed by atoms with Crippen molar-refractivity contribution in [3.05, 3.63) is 50.6 Å². The normalized spacial score (nSPS) is 18.8. The predicted octanol–water partition coefficient (Wildman–Crippen LogP) is 5.52. The van der Waals surface area contributed by atoms with E-state index in [4.69, 9.17) is 4.98 Å². The number of para-hydroxylation sites is 1. The molecule has 174 valence electrons. The Morgan fingerprint density at radius 1 is 1.15 bits per heavy atom. The van der Waals surface area contributed by atoms with Crippen LogP contribution in [0.5, 0.6) is 0 Å². The van der Waals surface area contributed by atoms with Crippen LogP contribution in [0.1, 0.15) is 61.5 Å². The molecule has 1 atom stereocenters. The first kappa shape index (κ1) is 22.7. The molecule has 1 saturated heterocycles. The van der Waals surface area contributed by atoms with E-state index in [9.17, 15) is 9.59 Å². The number of thioether (sulfide) groups is 1. The zero-order chi connectivity index (χ0) is 22.9. The van der Waals surface area contributed by atoms with Gasteiger partial charge in [-0.05, 0) is 76.0 Å². The van der Waals surface area contributed by atoms with Gasteiger partial charge in [0.25, 0.3) is 5.56 Å². The van der Waals surface area contributed by atoms with Gasteiger partial charge in [0.15, 0.2) is 5.16 Å². The molecule has 5 rings (SSSR count). The second-order valence-electron chi connectivity index (χ2n) is 9.29. The van der Waals surface area contributed by atoms with Crippen LogP contribution in [0.15, 0.2) is 34.2 Å². The Hall–Kier alpha value is -2.12. The molecule has 3 heterocycles. The Morgan fingerprint density at radius 2 is 1.97 bits per heavy atom. The number of nitrogens with zero attached hydrogens (tertiary/aromatic N) is 3. The molecule has 0 bridgehead atoms. The molecule has 0 N–H and O–H groups in total. The molecule has 33 heavy (non-hydrogen) atoms. The van der Waals surface area contributed by atoms with Crippen molar-refractivity contribution >= 4 is 39.2 Å². The van der Waals surface area contributed by atoms with Crippen LogP contribution in [0.3, 0.4) is 0 Å². The summed E-state index contributed by atoms with van der Waals surface area (Å²) in [4.78, 5) is 36.2. The summed E-state index contributed by atoms with van der Waals surface area (Å²) in [5, 5.41) is 1.41. The Kier molecular flexibility index (Phi) is 6.61. The molecule has 0 saturated carbocycles. The summed E-state index contributed by atoms with van der Waals surface area (Å²) in [6, 6.07) is 8.24. The lowest BCUT2D eigenvalue weighted by atomic mass is 10.0. The number of likely N-dealkylation sites (tertiary alicyclic amines) is 1. The van der Waals surface area contributed by atoms with Crippen LogP contribution in [-0.4, -0.2) is 38.7 Å². The number of thiophene rings is 1. The number of aromatic nitrogens is 2. The van der Waals surface area contributed by atoms with Crippen molar-refractivity contribution in [1.82, 2.24) is 14.5 Å². The lowest BCUT2D eigenvalue weighted by Gasteiger charge is -2.33. The van der Waals surface area contributed by atoms with Gasteiger partial charge in [0.05, 0.1) is 16.8 Å². The molecule has 1 aliphatic carbocycles. The van der Waals surface area contributed by atoms with E-state index in [1.807, 2.05) is 36.1 Å². The summed E-state index contributed by atoms with van der Waals surface area (Å²) in [5.41, 5.74) is 3.10. The molecule has 1 amide bonds. The zero-order valence-electron chi connectivity index (χ0n) is 19.4. The molecule has 1 fully saturated rings. The average molecular weight is 482 g/mol. The first-order valence-corrected chi connectivity index (χ1v) is 13.9. The van der Waals surface area contributed by atoms with Crippen molar-refractivity contribution in [3.8, 4) is 5.69 Å². The fourth-order valence-corrected chi connectivity index (χ4v) is 7.36. The highest BCUT2D eigenvalue weighted by molar-refractivity contribution is 7.99. The summed E-state index contributed by atoms with van der Waals surface area (Å²) in [6.45, 7) is 4.98. The van der Waals surface area contributed by atoms with Crippen molar-refractivity contribution < 1.29 is 4.79 Å². The van der Waals surface area contributed by atoms with E-state index in [1.54, 1.807) is 15.9 Å². The number of aryl methyl sites for hydroxylation is 3. The van der Waals surface area contributed by atoms with E-state index < -0.39 is 0 Å². The number of piperidine rings is 1. The largest absolute Gasteiger partial charge is 0.339 e. The Morgan fingerprint density at radius 3 is 2.79 bits per heavy atom. The minimum Gasteiger partial charge on any atom is -0.339 e. The second-order valence-corrected chi connectivity index (χ2v) is 11.3. The van der Waals surface area contributed by atoms with E-state index in [1.165, 1.54) is 41.5 Å². The number of fused-ring (bicyclic) bond motifs is 3. The molecule has 7 heteroatoms. The average Bonchev–Trinajstić information content (AvgIpc) is 3.00. The Bertz CT molecular complexity index is 1250. The van der Waals surface area contributed by atoms with Gasteiger partial charge in [-0.15, -0.1) is 11.3 Å². The standard InChI is InChI=1S/C26H31N3O2S2/c1-17-10-6-7-13-20(17)29-25(31)23-19-12-4-3-5-14-21(19)33-24(23)27-26(29)32-16-22(30)28-15-9-8-11-18(28)2/h6-7,10,13,18H,3-5,8-9,11-12,14-16H2,1-2H3/t18-/m0/s1. The van der Waals surface area contributed by atoms with Crippen LogP contribution < -0.4 is 5.56 Å². The van der Waals surface area contributed by atoms with Crippen molar-refractivity contribution in [1.29, 1.82) is 0 Å². The maximum Gasteiger partial charge on any atom is 0.267 e. The molecule has 0 radical (unpaired) electrons. The summed E-state index contributed by atoms with van der Waals surface area (Å²) in [5.74, 6) is 0.444. The van der Waals surface area contributed by atoms with Crippen LogP contribution in [-0.2, 0) is 17.6 Å². The van der Waals surface area contributed by atoms with Crippen molar-refractivity contribution in [2.75, 3.05) is 12.3 Å². The van der Waals surface area contributed by atoms with Gasteiger partial charge in [-0.2, -0.15) is 0 Å². The summed E-state index contributed by atoms with van der Waals surface area (Å²) < 4.78 is 1.76. The SMILES string of the molecule is Cc1ccccc1-n1c(SCC(=O)N2CCCC[C@@H]2C)nc2sc3c(c2c1=O)CCCCC3. The molecule has 2 aliphatic rings. The van der Waals surface area contributed by atoms with Gasteiger partial charge in [0, 0.05) is 17.5 Å². The van der Waals surface area contributed by atoms with Gasteiger partial charge in [0.2, 0.25) is 5.91 Å². The number of carbonyl (C=O) groups is 1. The van der Waals surface area contributed by atoms with E-state index in [0.717, 1.165) is 60.1 Å². The molecular weight excluding hydrogens is 450 g/mol. The van der Waals surface area contributed by atoms with Crippen LogP contribution in [0.2, 0.25) is 0 Å². The minimum atomic E-state index is 0.00925. The quantitative estimate of drug-likeness (QED) is 0.280. The van der Waals surface area contributed by atoms with Crippen molar-refractivity contribution in [2.24, 2.45) is 0 Å². The molecule has 2 aromatic heterocycles. The van der Waals surface area contributed by atoms with Gasteiger partial charge < -0.3 is 4.90 Å². The highest BCUT2D eigenvalue weighted by Crippen LogP contribution is 2.35. The van der Waals surface area contributed by atoms with Gasteiger partial charge in [-0.3, -0.25) is 14.2 Å². The fraction of sp³-hybridized carbons (Fsp3) is 0.500. The second kappa shape index (κ2) is 9.63. The maximum atomic E-state index is 14.0. The number of benzene rings is 1. The monoisotopic (exact) mass is 481 g/mol. The highest BCUT2D eigenvalue weighted by atomic mass is 32.2. The van der Waals surface area contributed by atoms with Crippen LogP contribution >= 0.6 is 23.1 Å². The molecule has 1 aromatic carbocycles. The fourth-order valence-electron chi connectivity index (χ4n) is 5.16. The van der Waals surface area contributed by atoms with E-state index >= 15 is 0 Å². The lowest BCUT2D eigenvalue weighted by molar-refractivity contribution is -0.131. The smallest absolute Gasteiger partial charge is 0.267 e. The van der Waals surface area contributed by atoms with Crippen LogP contribution in [0, 0.1) is 6.92 Å². The summed E-state index contributed by atoms with van der Waals surface area (Å²) >= 11 is 3.08. The predicted molar refractivity (Wildman–Crippen MR) is 137 cm³/mol. The summed E-state index contributed by atoms with van der Waals surface area (Å²) in [7, 11) is 0. The van der Waals surface area contributed by atoms with Gasteiger partial charge in [-0.25, -0.2) is 4.98 Å². The third-order valence-corrected chi connectivity index (χ3v) is 9.12. The van der Waals surface area contributed by atoms with Crippen LogP contribution in [0.4, 0.5) is 0 Å². The molecule has 3 aromatic rings. The lowest BCUT2D eigenvalue weighted by Crippen LogP contribution is -2.43. The first-order valence-electron chi connectivity index (χ1n) is 12.1. The number of amides is 1. The van der Waals surface area contributed by atoms with Gasteiger partial charge >= 0.3 is 0 Å². The topological polar surface area (TPSA) is 55.2 Å². The minimum absolute atomic E-state index is 0.00925. The van der Waals surface area contributed by atoms with Crippen molar-refractivity contribution in [2.45, 2.75) is 76.4 Å². The third kappa shape index (κ3) is 4.37. The van der Waals surface area contributed by atoms with Crippen LogP contribution in [0.25, 0.3) is 15.9 Å². The zero-order valence-corrected chi connectivity index (χ0v) is 21.1. The Labute approximate surface area is 203 Å². The molecule has 0 unspecified atom stereocenters. The summed E-state index contributed by atoms with van der Waals surface area (Å²) in [6.07, 6.45) is 8.83. The van der Waals surface area contributed by atoms with Crippen molar-refractivity contribution in [3.63, 3.8) is 0 Å². The van der Waals surface area contributed by atoms with Gasteiger partial charge in [0.1, 0.15) is 4.83 Å². The maximum absolute atomic E-state index is 14.0. The highest BCUT2D eigenvalue weighted by Gasteiger charge is 2.26. The molecule has 1 aliphatic heterocycles. The Balaban J connectivity index is 1.58. The van der Waals surface area contributed by atoms with E-state index in [0.29, 0.717) is 10.9 Å². The molecule has 5 nitrogen and oxygen atoms in total. The van der Waals surface area contributed by atoms with E-state index in [2.05, 4.69) is 6.92 Å². The van der Waals surface area contributed by atoms with E-state index in [-0.39, 0.29) is 17.5 Å². The number of carbonyl (C=O) groups excluding carboxylic acids is 1. The number of rotatable bonds is 4. The third-order valence-electron chi connectivity index (χ3n) is 7.01. The van der Waals surface area contributed by atoms with Gasteiger partial charge in [-0.1, -0.05) is 36.4 Å². The number of hydrogen-bond donors (Lipinski definition) is 0. The number of hydrogen-bond acceptors (Lipinski definition) is 5. The first-order chi connectivity index (χ1) is 16.0. The molecular formula is C26H31N3O2S2. The molecule has 0 spiro atoms.